The summed E-state index contributed by atoms with van der Waals surface area (Å²) in [5.74, 6) is -1.28. The molecule has 0 spiro atoms. The van der Waals surface area contributed by atoms with Gasteiger partial charge in [0.1, 0.15) is 0 Å². The van der Waals surface area contributed by atoms with Crippen LogP contribution in [0.5, 0.6) is 0 Å². The molecule has 0 aliphatic heterocycles. The molecule has 0 bridgehead atoms. The van der Waals surface area contributed by atoms with Gasteiger partial charge in [0.05, 0.1) is 0 Å². The molecule has 6 nitrogen and oxygen atoms in total. The molecule has 0 radical (unpaired) electrons. The largest absolute Gasteiger partial charge is 0.481 e. The smallest absolute Gasteiger partial charge is 0.321 e. The number of nitrogens with one attached hydrogen (secondary N) is 2. The minimum atomic E-state index is -0.882. The van der Waals surface area contributed by atoms with E-state index in [0.29, 0.717) is 25.8 Å². The Hall–Kier alpha value is -1.85. The van der Waals surface area contributed by atoms with Gasteiger partial charge in [0.2, 0.25) is 5.91 Å². The summed E-state index contributed by atoms with van der Waals surface area (Å²) < 4.78 is 0. The highest BCUT2D eigenvalue weighted by atomic mass is 16.4. The number of imide groups is 1. The quantitative estimate of drug-likeness (QED) is 0.437. The second kappa shape index (κ2) is 9.38. The van der Waals surface area contributed by atoms with Crippen LogP contribution >= 0.6 is 0 Å². The standard InChI is InChI=1S/C11H18N2O4/c1-2-3-8-12-11(17)13-9(14)6-4-5-7-10(15)16/h2H,1,3-8H2,(H,15,16)(H2,12,13,14,17). The first kappa shape index (κ1) is 15.2. The van der Waals surface area contributed by atoms with E-state index in [1.165, 1.54) is 0 Å². The Kier molecular flexibility index (Phi) is 8.36. The van der Waals surface area contributed by atoms with Crippen molar-refractivity contribution in [2.45, 2.75) is 32.1 Å². The van der Waals surface area contributed by atoms with Crippen molar-refractivity contribution in [3.8, 4) is 0 Å². The van der Waals surface area contributed by atoms with Gasteiger partial charge in [-0.3, -0.25) is 14.9 Å². The molecule has 0 aromatic heterocycles. The number of aliphatic carboxylic acids is 1. The van der Waals surface area contributed by atoms with Crippen LogP contribution in [-0.2, 0) is 9.59 Å². The van der Waals surface area contributed by atoms with Crippen molar-refractivity contribution in [3.63, 3.8) is 0 Å². The lowest BCUT2D eigenvalue weighted by atomic mass is 10.2. The molecule has 0 saturated heterocycles. The topological polar surface area (TPSA) is 95.5 Å². The Bertz CT molecular complexity index is 289. The van der Waals surface area contributed by atoms with Crippen molar-refractivity contribution in [2.24, 2.45) is 0 Å². The Morgan fingerprint density at radius 3 is 2.41 bits per heavy atom. The third kappa shape index (κ3) is 10.4. The minimum absolute atomic E-state index is 0.0405. The number of rotatable bonds is 8. The van der Waals surface area contributed by atoms with Gasteiger partial charge in [0.15, 0.2) is 0 Å². The van der Waals surface area contributed by atoms with Gasteiger partial charge in [-0.05, 0) is 19.3 Å². The number of carboxylic acids is 1. The summed E-state index contributed by atoms with van der Waals surface area (Å²) in [5.41, 5.74) is 0. The van der Waals surface area contributed by atoms with Crippen molar-refractivity contribution in [1.82, 2.24) is 10.6 Å². The first-order chi connectivity index (χ1) is 8.06. The maximum Gasteiger partial charge on any atom is 0.321 e. The molecule has 3 amide bonds. The van der Waals surface area contributed by atoms with Crippen LogP contribution in [0.1, 0.15) is 32.1 Å². The molecular formula is C11H18N2O4. The lowest BCUT2D eigenvalue weighted by Gasteiger charge is -2.05. The highest BCUT2D eigenvalue weighted by Crippen LogP contribution is 1.99. The number of urea groups is 1. The SMILES string of the molecule is C=CCCNC(=O)NC(=O)CCCCC(=O)O. The molecular weight excluding hydrogens is 224 g/mol. The second-order valence-electron chi connectivity index (χ2n) is 3.48. The molecule has 0 fully saturated rings. The van der Waals surface area contributed by atoms with Crippen LogP contribution in [0.2, 0.25) is 0 Å². The Morgan fingerprint density at radius 2 is 1.82 bits per heavy atom. The maximum atomic E-state index is 11.2. The van der Waals surface area contributed by atoms with Crippen LogP contribution in [0.25, 0.3) is 0 Å². The number of unbranched alkanes of at least 4 members (excludes halogenated alkanes) is 1. The molecule has 0 aromatic carbocycles. The molecule has 0 aliphatic carbocycles. The molecule has 0 unspecified atom stereocenters. The summed E-state index contributed by atoms with van der Waals surface area (Å²) in [5, 5.41) is 13.0. The summed E-state index contributed by atoms with van der Waals surface area (Å²) in [7, 11) is 0. The number of hydrogen-bond acceptors (Lipinski definition) is 3. The molecule has 96 valence electrons. The zero-order chi connectivity index (χ0) is 13.1. The summed E-state index contributed by atoms with van der Waals surface area (Å²) in [6.45, 7) is 3.93. The maximum absolute atomic E-state index is 11.2. The van der Waals surface area contributed by atoms with E-state index in [4.69, 9.17) is 5.11 Å². The Labute approximate surface area is 100 Å². The van der Waals surface area contributed by atoms with E-state index in [9.17, 15) is 14.4 Å². The summed E-state index contributed by atoms with van der Waals surface area (Å²) in [6, 6.07) is -0.532. The summed E-state index contributed by atoms with van der Waals surface area (Å²) in [4.78, 5) is 32.5. The van der Waals surface area contributed by atoms with Crippen LogP contribution in [0.15, 0.2) is 12.7 Å². The highest BCUT2D eigenvalue weighted by Gasteiger charge is 2.06. The monoisotopic (exact) mass is 242 g/mol. The second-order valence-corrected chi connectivity index (χ2v) is 3.48. The summed E-state index contributed by atoms with van der Waals surface area (Å²) >= 11 is 0. The molecule has 0 atom stereocenters. The molecule has 3 N–H and O–H groups in total. The van der Waals surface area contributed by atoms with Crippen LogP contribution < -0.4 is 10.6 Å². The normalized spacial score (nSPS) is 9.41. The lowest BCUT2D eigenvalue weighted by molar-refractivity contribution is -0.137. The van der Waals surface area contributed by atoms with E-state index in [1.54, 1.807) is 6.08 Å². The zero-order valence-corrected chi connectivity index (χ0v) is 9.70. The van der Waals surface area contributed by atoms with E-state index < -0.39 is 17.9 Å². The molecule has 0 aromatic rings. The van der Waals surface area contributed by atoms with Gasteiger partial charge >= 0.3 is 12.0 Å². The average molecular weight is 242 g/mol. The number of carbonyl (C=O) groups excluding carboxylic acids is 2. The molecule has 0 saturated carbocycles. The number of carbonyl (C=O) groups is 3. The lowest BCUT2D eigenvalue weighted by Crippen LogP contribution is -2.39. The van der Waals surface area contributed by atoms with Crippen LogP contribution in [0.3, 0.4) is 0 Å². The van der Waals surface area contributed by atoms with Crippen molar-refractivity contribution < 1.29 is 19.5 Å². The molecule has 0 rings (SSSR count). The van der Waals surface area contributed by atoms with E-state index in [2.05, 4.69) is 17.2 Å². The van der Waals surface area contributed by atoms with Crippen molar-refractivity contribution in [2.75, 3.05) is 6.54 Å². The predicted molar refractivity (Wildman–Crippen MR) is 62.5 cm³/mol. The van der Waals surface area contributed by atoms with Gasteiger partial charge in [0.25, 0.3) is 0 Å². The Morgan fingerprint density at radius 1 is 1.18 bits per heavy atom. The van der Waals surface area contributed by atoms with Gasteiger partial charge in [0, 0.05) is 19.4 Å². The highest BCUT2D eigenvalue weighted by molar-refractivity contribution is 5.94. The van der Waals surface area contributed by atoms with Crippen molar-refractivity contribution >= 4 is 17.9 Å². The van der Waals surface area contributed by atoms with Crippen LogP contribution in [0, 0.1) is 0 Å². The van der Waals surface area contributed by atoms with E-state index in [0.717, 1.165) is 0 Å². The fraction of sp³-hybridized carbons (Fsp3) is 0.545. The molecule has 17 heavy (non-hydrogen) atoms. The number of carboxylic acid groups (broad SMARTS) is 1. The van der Waals surface area contributed by atoms with Crippen molar-refractivity contribution in [3.05, 3.63) is 12.7 Å². The minimum Gasteiger partial charge on any atom is -0.481 e. The third-order valence-corrected chi connectivity index (χ3v) is 1.93. The fourth-order valence-electron chi connectivity index (χ4n) is 1.08. The van der Waals surface area contributed by atoms with E-state index in [1.807, 2.05) is 0 Å². The predicted octanol–water partition coefficient (Wildman–Crippen LogP) is 1.03. The molecule has 0 aliphatic rings. The first-order valence-corrected chi connectivity index (χ1v) is 5.46. The van der Waals surface area contributed by atoms with Gasteiger partial charge in [-0.1, -0.05) is 6.08 Å². The van der Waals surface area contributed by atoms with Gasteiger partial charge < -0.3 is 10.4 Å². The van der Waals surface area contributed by atoms with E-state index >= 15 is 0 Å². The number of hydrogen-bond donors (Lipinski definition) is 3. The van der Waals surface area contributed by atoms with Gasteiger partial charge in [-0.25, -0.2) is 4.79 Å². The zero-order valence-electron chi connectivity index (χ0n) is 9.70. The van der Waals surface area contributed by atoms with Crippen LogP contribution in [-0.4, -0.2) is 29.6 Å². The first-order valence-electron chi connectivity index (χ1n) is 5.46. The molecule has 0 heterocycles. The third-order valence-electron chi connectivity index (χ3n) is 1.93. The Balaban J connectivity index is 3.53. The van der Waals surface area contributed by atoms with Gasteiger partial charge in [-0.15, -0.1) is 6.58 Å². The fourth-order valence-corrected chi connectivity index (χ4v) is 1.08. The summed E-state index contributed by atoms with van der Waals surface area (Å²) in [6.07, 6.45) is 3.38. The average Bonchev–Trinajstić information content (AvgIpc) is 2.24. The van der Waals surface area contributed by atoms with Crippen LogP contribution in [0.4, 0.5) is 4.79 Å². The number of amides is 3. The van der Waals surface area contributed by atoms with Gasteiger partial charge in [-0.2, -0.15) is 0 Å². The van der Waals surface area contributed by atoms with Crippen molar-refractivity contribution in [1.29, 1.82) is 0 Å². The molecule has 6 heteroatoms. The van der Waals surface area contributed by atoms with E-state index in [-0.39, 0.29) is 12.8 Å².